The zero-order chi connectivity index (χ0) is 24.9. The van der Waals surface area contributed by atoms with Gasteiger partial charge in [0.05, 0.1) is 12.8 Å². The van der Waals surface area contributed by atoms with Gasteiger partial charge in [0, 0.05) is 42.5 Å². The van der Waals surface area contributed by atoms with Crippen LogP contribution in [0.4, 0.5) is 0 Å². The Morgan fingerprint density at radius 3 is 2.80 bits per heavy atom. The number of aromatic nitrogens is 2. The van der Waals surface area contributed by atoms with E-state index < -0.39 is 0 Å². The number of amides is 1. The summed E-state index contributed by atoms with van der Waals surface area (Å²) < 4.78 is 5.31. The number of hydrogen-bond acceptors (Lipinski definition) is 4. The second-order valence-corrected chi connectivity index (χ2v) is 10.0. The van der Waals surface area contributed by atoms with Crippen molar-refractivity contribution in [2.24, 2.45) is 5.92 Å². The fourth-order valence-electron chi connectivity index (χ4n) is 4.76. The van der Waals surface area contributed by atoms with Crippen LogP contribution in [0.15, 0.2) is 53.9 Å². The molecule has 0 spiro atoms. The Bertz CT molecular complexity index is 1130. The molecule has 0 bridgehead atoms. The molecule has 2 aliphatic rings. The van der Waals surface area contributed by atoms with Crippen molar-refractivity contribution in [1.29, 1.82) is 0 Å². The lowest BCUT2D eigenvalue weighted by Crippen LogP contribution is -2.25. The minimum Gasteiger partial charge on any atom is -0.497 e. The number of fused-ring (bicyclic) bond motifs is 1. The van der Waals surface area contributed by atoms with Gasteiger partial charge >= 0.3 is 0 Å². The highest BCUT2D eigenvalue weighted by Crippen LogP contribution is 2.29. The van der Waals surface area contributed by atoms with E-state index in [1.54, 1.807) is 7.11 Å². The largest absolute Gasteiger partial charge is 0.497 e. The highest BCUT2D eigenvalue weighted by molar-refractivity contribution is 5.78. The standard InChI is InChI=1S/C29H38N4O2/c1-19-6-14-26-27(16-19)32-29(31-26)23(18-22-8-12-25(35-5)13-9-22)10-15-28(34)30-24-11-7-20(2)33(4)21(3)17-24/h6,8-9,11-14,17,19-20,23H,7,10,15-16,18H2,1-5H3,(H,30,34)(H,31,32)/t19?,20?,23-/m1/s1. The molecule has 0 saturated heterocycles. The maximum Gasteiger partial charge on any atom is 0.224 e. The Morgan fingerprint density at radius 1 is 1.29 bits per heavy atom. The number of carbonyl (C=O) groups is 1. The molecule has 1 aromatic heterocycles. The number of rotatable bonds is 8. The average Bonchev–Trinajstić information content (AvgIpc) is 3.22. The lowest BCUT2D eigenvalue weighted by atomic mass is 9.93. The van der Waals surface area contributed by atoms with Crippen molar-refractivity contribution in [2.45, 2.75) is 64.8 Å². The summed E-state index contributed by atoms with van der Waals surface area (Å²) >= 11 is 0. The number of hydrogen-bond donors (Lipinski definition) is 2. The molecule has 2 N–H and O–H groups in total. The van der Waals surface area contributed by atoms with E-state index in [1.807, 2.05) is 12.1 Å². The van der Waals surface area contributed by atoms with Crippen LogP contribution in [0, 0.1) is 5.92 Å². The number of aromatic amines is 1. The van der Waals surface area contributed by atoms with E-state index in [4.69, 9.17) is 9.72 Å². The van der Waals surface area contributed by atoms with Crippen LogP contribution in [0.3, 0.4) is 0 Å². The van der Waals surface area contributed by atoms with E-state index in [-0.39, 0.29) is 11.8 Å². The molecule has 2 aromatic rings. The molecule has 4 rings (SSSR count). The van der Waals surface area contributed by atoms with Crippen molar-refractivity contribution in [1.82, 2.24) is 20.2 Å². The second-order valence-electron chi connectivity index (χ2n) is 10.0. The summed E-state index contributed by atoms with van der Waals surface area (Å²) in [6.07, 6.45) is 12.4. The number of methoxy groups -OCH3 is 1. The third kappa shape index (κ3) is 6.24. The Morgan fingerprint density at radius 2 is 2.06 bits per heavy atom. The molecule has 1 aromatic carbocycles. The van der Waals surface area contributed by atoms with E-state index in [0.29, 0.717) is 18.4 Å². The molecule has 6 heteroatoms. The molecular weight excluding hydrogens is 436 g/mol. The monoisotopic (exact) mass is 474 g/mol. The highest BCUT2D eigenvalue weighted by Gasteiger charge is 2.22. The van der Waals surface area contributed by atoms with E-state index in [2.05, 4.69) is 79.5 Å². The molecule has 3 atom stereocenters. The van der Waals surface area contributed by atoms with Crippen LogP contribution in [0.5, 0.6) is 5.75 Å². The molecule has 186 valence electrons. The average molecular weight is 475 g/mol. The summed E-state index contributed by atoms with van der Waals surface area (Å²) in [7, 11) is 3.77. The van der Waals surface area contributed by atoms with Gasteiger partial charge in [0.2, 0.25) is 5.91 Å². The van der Waals surface area contributed by atoms with E-state index in [0.717, 1.165) is 54.3 Å². The van der Waals surface area contributed by atoms with Crippen LogP contribution in [-0.2, 0) is 17.6 Å². The summed E-state index contributed by atoms with van der Waals surface area (Å²) in [4.78, 5) is 23.7. The number of H-pyrrole nitrogens is 1. The van der Waals surface area contributed by atoms with Crippen LogP contribution in [0.2, 0.25) is 0 Å². The minimum atomic E-state index is 0.0436. The number of imidazole rings is 1. The van der Waals surface area contributed by atoms with Gasteiger partial charge in [-0.3, -0.25) is 4.79 Å². The Labute approximate surface area is 209 Å². The lowest BCUT2D eigenvalue weighted by Gasteiger charge is -2.25. The second kappa shape index (κ2) is 11.0. The predicted molar refractivity (Wildman–Crippen MR) is 141 cm³/mol. The van der Waals surface area contributed by atoms with Crippen LogP contribution < -0.4 is 10.1 Å². The van der Waals surface area contributed by atoms with Gasteiger partial charge in [-0.2, -0.15) is 0 Å². The SMILES string of the molecule is COc1ccc(C[C@@H](CCC(=O)NC2=CCC(C)N(C)C(C)=C2)c2nc3c([nH]2)CC(C)C=C3)cc1. The van der Waals surface area contributed by atoms with Gasteiger partial charge in [-0.05, 0) is 75.3 Å². The van der Waals surface area contributed by atoms with E-state index >= 15 is 0 Å². The number of ether oxygens (including phenoxy) is 1. The Balaban J connectivity index is 1.47. The maximum atomic E-state index is 12.9. The fraction of sp³-hybridized carbons (Fsp3) is 0.448. The van der Waals surface area contributed by atoms with E-state index in [1.165, 1.54) is 11.3 Å². The third-order valence-corrected chi connectivity index (χ3v) is 7.23. The van der Waals surface area contributed by atoms with Crippen LogP contribution in [-0.4, -0.2) is 41.0 Å². The van der Waals surface area contributed by atoms with E-state index in [9.17, 15) is 4.79 Å². The number of benzene rings is 1. The quantitative estimate of drug-likeness (QED) is 0.541. The third-order valence-electron chi connectivity index (χ3n) is 7.23. The molecule has 1 aliphatic heterocycles. The minimum absolute atomic E-state index is 0.0436. The molecule has 35 heavy (non-hydrogen) atoms. The smallest absolute Gasteiger partial charge is 0.224 e. The molecule has 2 unspecified atom stereocenters. The van der Waals surface area contributed by atoms with Gasteiger partial charge in [0.15, 0.2) is 0 Å². The van der Waals surface area contributed by atoms with Gasteiger partial charge < -0.3 is 19.9 Å². The molecule has 1 amide bonds. The van der Waals surface area contributed by atoms with Crippen molar-refractivity contribution in [3.05, 3.63) is 76.7 Å². The summed E-state index contributed by atoms with van der Waals surface area (Å²) in [5, 5.41) is 3.13. The number of nitrogens with zero attached hydrogens (tertiary/aromatic N) is 2. The van der Waals surface area contributed by atoms with Crippen molar-refractivity contribution in [3.63, 3.8) is 0 Å². The van der Waals surface area contributed by atoms with Crippen molar-refractivity contribution in [3.8, 4) is 5.75 Å². The fourth-order valence-corrected chi connectivity index (χ4v) is 4.76. The van der Waals surface area contributed by atoms with Gasteiger partial charge in [-0.25, -0.2) is 4.98 Å². The molecule has 0 fully saturated rings. The summed E-state index contributed by atoms with van der Waals surface area (Å²) in [5.74, 6) is 2.49. The first-order valence-corrected chi connectivity index (χ1v) is 12.6. The van der Waals surface area contributed by atoms with Crippen molar-refractivity contribution in [2.75, 3.05) is 14.2 Å². The zero-order valence-electron chi connectivity index (χ0n) is 21.6. The Kier molecular flexibility index (Phi) is 7.79. The van der Waals surface area contributed by atoms with Crippen LogP contribution >= 0.6 is 0 Å². The molecule has 1 aliphatic carbocycles. The predicted octanol–water partition coefficient (Wildman–Crippen LogP) is 5.36. The number of allylic oxidation sites excluding steroid dienone is 3. The first-order valence-electron chi connectivity index (χ1n) is 12.6. The maximum absolute atomic E-state index is 12.9. The van der Waals surface area contributed by atoms with Crippen molar-refractivity contribution >= 4 is 12.0 Å². The van der Waals surface area contributed by atoms with Gasteiger partial charge in [-0.15, -0.1) is 0 Å². The highest BCUT2D eigenvalue weighted by atomic mass is 16.5. The van der Waals surface area contributed by atoms with Gasteiger partial charge in [-0.1, -0.05) is 31.2 Å². The lowest BCUT2D eigenvalue weighted by molar-refractivity contribution is -0.120. The first-order chi connectivity index (χ1) is 16.8. The topological polar surface area (TPSA) is 70.2 Å². The van der Waals surface area contributed by atoms with Gasteiger partial charge in [0.25, 0.3) is 0 Å². The number of nitrogens with one attached hydrogen (secondary N) is 2. The van der Waals surface area contributed by atoms with Gasteiger partial charge in [0.1, 0.15) is 11.6 Å². The molecule has 2 heterocycles. The summed E-state index contributed by atoms with van der Waals surface area (Å²) in [5.41, 5.74) is 5.48. The van der Waals surface area contributed by atoms with Crippen LogP contribution in [0.25, 0.3) is 6.08 Å². The normalized spacial score (nSPS) is 20.4. The van der Waals surface area contributed by atoms with Crippen LogP contribution in [0.1, 0.15) is 68.7 Å². The zero-order valence-corrected chi connectivity index (χ0v) is 21.6. The number of carbonyl (C=O) groups excluding carboxylic acids is 1. The van der Waals surface area contributed by atoms with Crippen molar-refractivity contribution < 1.29 is 9.53 Å². The first kappa shape index (κ1) is 24.8. The molecule has 0 saturated carbocycles. The molecule has 6 nitrogen and oxygen atoms in total. The summed E-state index contributed by atoms with van der Waals surface area (Å²) in [6.45, 7) is 6.50. The summed E-state index contributed by atoms with van der Waals surface area (Å²) in [6, 6.07) is 8.58. The molecule has 0 radical (unpaired) electrons. The Hall–Kier alpha value is -3.28. The molecular formula is C29H38N4O2.